The Labute approximate surface area is 180 Å². The molecule has 30 heavy (non-hydrogen) atoms. The molecule has 0 N–H and O–H groups in total. The van der Waals surface area contributed by atoms with Gasteiger partial charge in [-0.1, -0.05) is 36.2 Å². The smallest absolute Gasteiger partial charge is 0.257 e. The highest BCUT2D eigenvalue weighted by Crippen LogP contribution is 2.35. The molecular weight excluding hydrogens is 402 g/mol. The van der Waals surface area contributed by atoms with Crippen LogP contribution in [0.1, 0.15) is 43.5 Å². The van der Waals surface area contributed by atoms with E-state index in [0.717, 1.165) is 35.4 Å². The van der Waals surface area contributed by atoms with E-state index in [1.807, 2.05) is 49.4 Å². The first kappa shape index (κ1) is 20.4. The van der Waals surface area contributed by atoms with Crippen molar-refractivity contribution in [3.8, 4) is 17.2 Å². The summed E-state index contributed by atoms with van der Waals surface area (Å²) in [6.07, 6.45) is 2.45. The Morgan fingerprint density at radius 2 is 2.03 bits per heavy atom. The van der Waals surface area contributed by atoms with Crippen LogP contribution in [0.4, 0.5) is 5.69 Å². The molecule has 2 aromatic carbocycles. The van der Waals surface area contributed by atoms with Crippen molar-refractivity contribution < 1.29 is 14.1 Å². The van der Waals surface area contributed by atoms with E-state index in [1.54, 1.807) is 4.90 Å². The molecular formula is C23H24ClN3O3. The largest absolute Gasteiger partial charge is 0.494 e. The average Bonchev–Trinajstić information content (AvgIpc) is 3.36. The van der Waals surface area contributed by atoms with Crippen LogP contribution in [0.5, 0.6) is 5.75 Å². The van der Waals surface area contributed by atoms with Crippen LogP contribution in [0.25, 0.3) is 11.5 Å². The van der Waals surface area contributed by atoms with Crippen molar-refractivity contribution in [3.05, 3.63) is 58.9 Å². The van der Waals surface area contributed by atoms with Gasteiger partial charge in [-0.05, 0) is 55.3 Å². The number of amides is 1. The number of anilines is 1. The van der Waals surface area contributed by atoms with Crippen LogP contribution in [-0.2, 0) is 4.79 Å². The summed E-state index contributed by atoms with van der Waals surface area (Å²) in [6, 6.07) is 13.3. The van der Waals surface area contributed by atoms with E-state index in [-0.39, 0.29) is 11.8 Å². The molecule has 156 valence electrons. The summed E-state index contributed by atoms with van der Waals surface area (Å²) < 4.78 is 11.1. The average molecular weight is 426 g/mol. The molecule has 6 nitrogen and oxygen atoms in total. The molecule has 1 saturated heterocycles. The zero-order chi connectivity index (χ0) is 21.1. The first-order valence-corrected chi connectivity index (χ1v) is 10.6. The number of carbonyl (C=O) groups is 1. The molecule has 1 aliphatic rings. The van der Waals surface area contributed by atoms with Crippen molar-refractivity contribution in [2.24, 2.45) is 0 Å². The number of hydrogen-bond acceptors (Lipinski definition) is 5. The van der Waals surface area contributed by atoms with E-state index in [9.17, 15) is 4.79 Å². The van der Waals surface area contributed by atoms with E-state index in [2.05, 4.69) is 17.1 Å². The normalized spacial score (nSPS) is 16.3. The molecule has 0 aliphatic carbocycles. The number of nitrogens with zero attached hydrogens (tertiary/aromatic N) is 3. The fourth-order valence-corrected chi connectivity index (χ4v) is 3.83. The lowest BCUT2D eigenvalue weighted by molar-refractivity contribution is -0.117. The van der Waals surface area contributed by atoms with Gasteiger partial charge in [0.15, 0.2) is 5.82 Å². The first-order chi connectivity index (χ1) is 14.5. The summed E-state index contributed by atoms with van der Waals surface area (Å²) >= 11 is 6.35. The molecule has 1 unspecified atom stereocenters. The maximum absolute atomic E-state index is 12.6. The van der Waals surface area contributed by atoms with Crippen LogP contribution in [0.3, 0.4) is 0 Å². The molecule has 0 spiro atoms. The molecule has 1 aromatic heterocycles. The van der Waals surface area contributed by atoms with Crippen molar-refractivity contribution in [1.82, 2.24) is 10.1 Å². The van der Waals surface area contributed by atoms with Gasteiger partial charge in [0.25, 0.3) is 5.89 Å². The number of rotatable bonds is 7. The first-order valence-electron chi connectivity index (χ1n) is 10.2. The lowest BCUT2D eigenvalue weighted by Gasteiger charge is -2.18. The van der Waals surface area contributed by atoms with Crippen LogP contribution in [0, 0.1) is 6.92 Å². The molecule has 1 aliphatic heterocycles. The summed E-state index contributed by atoms with van der Waals surface area (Å²) in [6.45, 7) is 5.28. The number of aromatic nitrogens is 2. The van der Waals surface area contributed by atoms with Crippen molar-refractivity contribution in [3.63, 3.8) is 0 Å². The highest BCUT2D eigenvalue weighted by molar-refractivity contribution is 6.34. The predicted octanol–water partition coefficient (Wildman–Crippen LogP) is 5.40. The van der Waals surface area contributed by atoms with Crippen molar-refractivity contribution in [1.29, 1.82) is 0 Å². The molecule has 4 rings (SSSR count). The van der Waals surface area contributed by atoms with Crippen LogP contribution >= 0.6 is 11.6 Å². The number of hydrogen-bond donors (Lipinski definition) is 0. The molecule has 3 aromatic rings. The maximum Gasteiger partial charge on any atom is 0.257 e. The standard InChI is InChI=1S/C23H24ClN3O3/c1-3-4-11-29-18-8-6-16(7-9-18)23-25-22(26-30-23)17-13-21(28)27(14-17)20-10-5-15(2)12-19(20)24/h5-10,12,17H,3-4,11,13-14H2,1-2H3. The van der Waals surface area contributed by atoms with Gasteiger partial charge in [-0.2, -0.15) is 4.98 Å². The highest BCUT2D eigenvalue weighted by Gasteiger charge is 2.35. The van der Waals surface area contributed by atoms with Crippen LogP contribution in [0.15, 0.2) is 47.0 Å². The third kappa shape index (κ3) is 4.33. The summed E-state index contributed by atoms with van der Waals surface area (Å²) in [5, 5.41) is 4.70. The maximum atomic E-state index is 12.6. The zero-order valence-electron chi connectivity index (χ0n) is 17.1. The van der Waals surface area contributed by atoms with E-state index in [0.29, 0.717) is 36.3 Å². The second-order valence-corrected chi connectivity index (χ2v) is 7.95. The number of carbonyl (C=O) groups excluding carboxylic acids is 1. The Kier molecular flexibility index (Phi) is 6.04. The van der Waals surface area contributed by atoms with Gasteiger partial charge in [0, 0.05) is 24.4 Å². The second kappa shape index (κ2) is 8.88. The monoisotopic (exact) mass is 425 g/mol. The summed E-state index contributed by atoms with van der Waals surface area (Å²) in [5.74, 6) is 1.66. The summed E-state index contributed by atoms with van der Waals surface area (Å²) in [7, 11) is 0. The van der Waals surface area contributed by atoms with Gasteiger partial charge < -0.3 is 14.2 Å². The van der Waals surface area contributed by atoms with E-state index < -0.39 is 0 Å². The summed E-state index contributed by atoms with van der Waals surface area (Å²) in [4.78, 5) is 18.8. The van der Waals surface area contributed by atoms with Crippen molar-refractivity contribution >= 4 is 23.2 Å². The van der Waals surface area contributed by atoms with Crippen LogP contribution < -0.4 is 9.64 Å². The SMILES string of the molecule is CCCCOc1ccc(-c2nc(C3CC(=O)N(c4ccc(C)cc4Cl)C3)no2)cc1. The quantitative estimate of drug-likeness (QED) is 0.474. The molecule has 0 bridgehead atoms. The van der Waals surface area contributed by atoms with Crippen LogP contribution in [0.2, 0.25) is 5.02 Å². The molecule has 0 radical (unpaired) electrons. The Bertz CT molecular complexity index is 1030. The number of halogens is 1. The van der Waals surface area contributed by atoms with Gasteiger partial charge >= 0.3 is 0 Å². The Morgan fingerprint density at radius 3 is 2.77 bits per heavy atom. The number of unbranched alkanes of at least 4 members (excludes halogenated alkanes) is 1. The Hall–Kier alpha value is -2.86. The van der Waals surface area contributed by atoms with E-state index in [1.165, 1.54) is 0 Å². The number of benzene rings is 2. The lowest BCUT2D eigenvalue weighted by atomic mass is 10.1. The van der Waals surface area contributed by atoms with Gasteiger partial charge in [0.1, 0.15) is 5.75 Å². The predicted molar refractivity (Wildman–Crippen MR) is 116 cm³/mol. The van der Waals surface area contributed by atoms with Gasteiger partial charge in [-0.3, -0.25) is 4.79 Å². The minimum Gasteiger partial charge on any atom is -0.494 e. The van der Waals surface area contributed by atoms with Gasteiger partial charge in [0.05, 0.1) is 17.3 Å². The molecule has 0 saturated carbocycles. The van der Waals surface area contributed by atoms with Crippen LogP contribution in [-0.4, -0.2) is 29.2 Å². The third-order valence-electron chi connectivity index (χ3n) is 5.19. The number of aryl methyl sites for hydroxylation is 1. The third-order valence-corrected chi connectivity index (χ3v) is 5.50. The van der Waals surface area contributed by atoms with Gasteiger partial charge in [0.2, 0.25) is 5.91 Å². The molecule has 1 atom stereocenters. The van der Waals surface area contributed by atoms with Gasteiger partial charge in [-0.15, -0.1) is 0 Å². The lowest BCUT2D eigenvalue weighted by Crippen LogP contribution is -2.24. The van der Waals surface area contributed by atoms with E-state index in [4.69, 9.17) is 20.9 Å². The van der Waals surface area contributed by atoms with Crippen molar-refractivity contribution in [2.45, 2.75) is 39.0 Å². The second-order valence-electron chi connectivity index (χ2n) is 7.54. The molecule has 2 heterocycles. The minimum absolute atomic E-state index is 0.00526. The van der Waals surface area contributed by atoms with Gasteiger partial charge in [-0.25, -0.2) is 0 Å². The zero-order valence-corrected chi connectivity index (χ0v) is 17.9. The Morgan fingerprint density at radius 1 is 1.23 bits per heavy atom. The Balaban J connectivity index is 1.46. The summed E-state index contributed by atoms with van der Waals surface area (Å²) in [5.41, 5.74) is 2.59. The van der Waals surface area contributed by atoms with Crippen molar-refractivity contribution in [2.75, 3.05) is 18.1 Å². The number of ether oxygens (including phenoxy) is 1. The fraction of sp³-hybridized carbons (Fsp3) is 0.348. The fourth-order valence-electron chi connectivity index (χ4n) is 3.49. The highest BCUT2D eigenvalue weighted by atomic mass is 35.5. The minimum atomic E-state index is -0.135. The molecule has 1 amide bonds. The topological polar surface area (TPSA) is 68.5 Å². The molecule has 7 heteroatoms. The molecule has 1 fully saturated rings. The van der Waals surface area contributed by atoms with E-state index >= 15 is 0 Å².